The lowest BCUT2D eigenvalue weighted by Gasteiger charge is -2.10. The quantitative estimate of drug-likeness (QED) is 0.760. The SMILES string of the molecule is COc1ccc(Br)c(-c2nc(Cl)cc(C(C)C)n2)c1. The largest absolute Gasteiger partial charge is 0.497 e. The molecule has 0 fully saturated rings. The van der Waals surface area contributed by atoms with E-state index in [1.165, 1.54) is 0 Å². The van der Waals surface area contributed by atoms with Gasteiger partial charge < -0.3 is 4.74 Å². The first kappa shape index (κ1) is 14.3. The number of ether oxygens (including phenoxy) is 1. The van der Waals surface area contributed by atoms with Gasteiger partial charge in [-0.05, 0) is 30.2 Å². The molecule has 2 aromatic rings. The van der Waals surface area contributed by atoms with Crippen molar-refractivity contribution < 1.29 is 4.74 Å². The Hall–Kier alpha value is -1.13. The monoisotopic (exact) mass is 340 g/mol. The molecule has 0 spiro atoms. The normalized spacial score (nSPS) is 10.8. The number of hydrogen-bond acceptors (Lipinski definition) is 3. The third-order valence-corrected chi connectivity index (χ3v) is 3.61. The van der Waals surface area contributed by atoms with Crippen LogP contribution in [-0.4, -0.2) is 17.1 Å². The number of benzene rings is 1. The van der Waals surface area contributed by atoms with E-state index in [0.29, 0.717) is 16.9 Å². The van der Waals surface area contributed by atoms with E-state index in [-0.39, 0.29) is 0 Å². The Bertz CT molecular complexity index is 602. The minimum atomic E-state index is 0.295. The van der Waals surface area contributed by atoms with Crippen LogP contribution in [0.2, 0.25) is 5.15 Å². The van der Waals surface area contributed by atoms with E-state index in [2.05, 4.69) is 39.7 Å². The van der Waals surface area contributed by atoms with Gasteiger partial charge in [0.1, 0.15) is 10.9 Å². The second kappa shape index (κ2) is 5.88. The standard InChI is InChI=1S/C14H14BrClN2O/c1-8(2)12-7-13(16)18-14(17-12)10-6-9(19-3)4-5-11(10)15/h4-8H,1-3H3. The zero-order valence-electron chi connectivity index (χ0n) is 10.9. The van der Waals surface area contributed by atoms with Crippen molar-refractivity contribution in [3.8, 4) is 17.1 Å². The van der Waals surface area contributed by atoms with E-state index in [4.69, 9.17) is 16.3 Å². The lowest BCUT2D eigenvalue weighted by atomic mass is 10.1. The van der Waals surface area contributed by atoms with Crippen molar-refractivity contribution >= 4 is 27.5 Å². The van der Waals surface area contributed by atoms with Crippen LogP contribution >= 0.6 is 27.5 Å². The number of halogens is 2. The molecule has 2 rings (SSSR count). The first-order chi connectivity index (χ1) is 9.01. The Morgan fingerprint density at radius 1 is 1.21 bits per heavy atom. The summed E-state index contributed by atoms with van der Waals surface area (Å²) in [5.74, 6) is 1.65. The topological polar surface area (TPSA) is 35.0 Å². The van der Waals surface area contributed by atoms with Crippen molar-refractivity contribution in [2.75, 3.05) is 7.11 Å². The van der Waals surface area contributed by atoms with Gasteiger partial charge in [0.05, 0.1) is 7.11 Å². The molecule has 1 aromatic carbocycles. The van der Waals surface area contributed by atoms with Crippen LogP contribution in [0.4, 0.5) is 0 Å². The van der Waals surface area contributed by atoms with Gasteiger partial charge in [0, 0.05) is 15.7 Å². The Kier molecular flexibility index (Phi) is 4.42. The predicted octanol–water partition coefficient (Wildman–Crippen LogP) is 4.69. The highest BCUT2D eigenvalue weighted by Gasteiger charge is 2.12. The molecular weight excluding hydrogens is 328 g/mol. The Labute approximate surface area is 126 Å². The van der Waals surface area contributed by atoms with Crippen molar-refractivity contribution in [3.05, 3.63) is 39.6 Å². The molecule has 100 valence electrons. The minimum Gasteiger partial charge on any atom is -0.497 e. The molecule has 0 N–H and O–H groups in total. The van der Waals surface area contributed by atoms with Crippen molar-refractivity contribution in [2.45, 2.75) is 19.8 Å². The fraction of sp³-hybridized carbons (Fsp3) is 0.286. The van der Waals surface area contributed by atoms with Crippen LogP contribution in [0.5, 0.6) is 5.75 Å². The third-order valence-electron chi connectivity index (χ3n) is 2.72. The van der Waals surface area contributed by atoms with Gasteiger partial charge in [0.15, 0.2) is 5.82 Å². The van der Waals surface area contributed by atoms with Gasteiger partial charge in [0.2, 0.25) is 0 Å². The summed E-state index contributed by atoms with van der Waals surface area (Å²) in [6.07, 6.45) is 0. The summed E-state index contributed by atoms with van der Waals surface area (Å²) in [5, 5.41) is 0.448. The van der Waals surface area contributed by atoms with Crippen LogP contribution in [0.25, 0.3) is 11.4 Å². The second-order valence-corrected chi connectivity index (χ2v) is 5.68. The summed E-state index contributed by atoms with van der Waals surface area (Å²) in [7, 11) is 1.63. The maximum Gasteiger partial charge on any atom is 0.162 e. The molecule has 0 atom stereocenters. The van der Waals surface area contributed by atoms with E-state index in [9.17, 15) is 0 Å². The molecule has 5 heteroatoms. The summed E-state index contributed by atoms with van der Waals surface area (Å²) >= 11 is 9.58. The molecule has 0 saturated heterocycles. The number of nitrogens with zero attached hydrogens (tertiary/aromatic N) is 2. The molecule has 3 nitrogen and oxygen atoms in total. The second-order valence-electron chi connectivity index (χ2n) is 4.44. The van der Waals surface area contributed by atoms with Gasteiger partial charge in [0.25, 0.3) is 0 Å². The van der Waals surface area contributed by atoms with Gasteiger partial charge >= 0.3 is 0 Å². The van der Waals surface area contributed by atoms with Crippen molar-refractivity contribution in [1.29, 1.82) is 0 Å². The van der Waals surface area contributed by atoms with Crippen LogP contribution in [0.3, 0.4) is 0 Å². The maximum absolute atomic E-state index is 6.07. The van der Waals surface area contributed by atoms with E-state index in [1.807, 2.05) is 18.2 Å². The molecular formula is C14H14BrClN2O. The molecule has 0 unspecified atom stereocenters. The summed E-state index contributed by atoms with van der Waals surface area (Å²) in [6, 6.07) is 7.47. The lowest BCUT2D eigenvalue weighted by Crippen LogP contribution is -1.98. The van der Waals surface area contributed by atoms with Crippen molar-refractivity contribution in [1.82, 2.24) is 9.97 Å². The highest BCUT2D eigenvalue weighted by atomic mass is 79.9. The Morgan fingerprint density at radius 2 is 1.95 bits per heavy atom. The lowest BCUT2D eigenvalue weighted by molar-refractivity contribution is 0.415. The van der Waals surface area contributed by atoms with Gasteiger partial charge in [-0.15, -0.1) is 0 Å². The van der Waals surface area contributed by atoms with Crippen LogP contribution in [-0.2, 0) is 0 Å². The van der Waals surface area contributed by atoms with Crippen molar-refractivity contribution in [2.24, 2.45) is 0 Å². The van der Waals surface area contributed by atoms with Crippen LogP contribution in [0.15, 0.2) is 28.7 Å². The van der Waals surface area contributed by atoms with Gasteiger partial charge in [-0.3, -0.25) is 0 Å². The summed E-state index contributed by atoms with van der Waals surface area (Å²) in [6.45, 7) is 4.14. The van der Waals surface area contributed by atoms with Gasteiger partial charge in [-0.1, -0.05) is 41.4 Å². The van der Waals surface area contributed by atoms with E-state index >= 15 is 0 Å². The molecule has 0 aliphatic heterocycles. The average molecular weight is 342 g/mol. The van der Waals surface area contributed by atoms with Crippen molar-refractivity contribution in [3.63, 3.8) is 0 Å². The molecule has 0 saturated carbocycles. The first-order valence-electron chi connectivity index (χ1n) is 5.89. The Balaban J connectivity index is 2.58. The molecule has 1 aromatic heterocycles. The number of aromatic nitrogens is 2. The molecule has 0 bridgehead atoms. The molecule has 0 aliphatic rings. The van der Waals surface area contributed by atoms with Gasteiger partial charge in [-0.25, -0.2) is 9.97 Å². The third kappa shape index (κ3) is 3.25. The average Bonchev–Trinajstić information content (AvgIpc) is 2.38. The summed E-state index contributed by atoms with van der Waals surface area (Å²) < 4.78 is 6.14. The molecule has 0 amide bonds. The fourth-order valence-electron chi connectivity index (χ4n) is 1.65. The van der Waals surface area contributed by atoms with Gasteiger partial charge in [-0.2, -0.15) is 0 Å². The fourth-order valence-corrected chi connectivity index (χ4v) is 2.27. The minimum absolute atomic E-state index is 0.295. The number of hydrogen-bond donors (Lipinski definition) is 0. The van der Waals surface area contributed by atoms with E-state index in [0.717, 1.165) is 21.5 Å². The molecule has 19 heavy (non-hydrogen) atoms. The molecule has 1 heterocycles. The van der Waals surface area contributed by atoms with Crippen LogP contribution in [0.1, 0.15) is 25.5 Å². The summed E-state index contributed by atoms with van der Waals surface area (Å²) in [5.41, 5.74) is 1.79. The highest BCUT2D eigenvalue weighted by Crippen LogP contribution is 2.31. The number of rotatable bonds is 3. The van der Waals surface area contributed by atoms with E-state index in [1.54, 1.807) is 13.2 Å². The highest BCUT2D eigenvalue weighted by molar-refractivity contribution is 9.10. The predicted molar refractivity (Wildman–Crippen MR) is 80.8 cm³/mol. The smallest absolute Gasteiger partial charge is 0.162 e. The molecule has 0 radical (unpaired) electrons. The van der Waals surface area contributed by atoms with Crippen LogP contribution in [0, 0.1) is 0 Å². The van der Waals surface area contributed by atoms with Crippen LogP contribution < -0.4 is 4.74 Å². The zero-order chi connectivity index (χ0) is 14.0. The zero-order valence-corrected chi connectivity index (χ0v) is 13.3. The Morgan fingerprint density at radius 3 is 2.58 bits per heavy atom. The number of methoxy groups -OCH3 is 1. The summed E-state index contributed by atoms with van der Waals surface area (Å²) in [4.78, 5) is 8.85. The molecule has 0 aliphatic carbocycles. The first-order valence-corrected chi connectivity index (χ1v) is 7.06. The maximum atomic E-state index is 6.07. The van der Waals surface area contributed by atoms with E-state index < -0.39 is 0 Å².